The highest BCUT2D eigenvalue weighted by molar-refractivity contribution is 5.80. The van der Waals surface area contributed by atoms with Crippen molar-refractivity contribution >= 4 is 5.91 Å². The fourth-order valence-electron chi connectivity index (χ4n) is 4.13. The number of carbonyl (C=O) groups is 1. The van der Waals surface area contributed by atoms with Gasteiger partial charge in [0.2, 0.25) is 5.91 Å². The molecule has 1 heterocycles. The molecular formula is C25H25NO2. The Kier molecular flexibility index (Phi) is 5.54. The van der Waals surface area contributed by atoms with E-state index in [0.717, 1.165) is 16.7 Å². The van der Waals surface area contributed by atoms with Gasteiger partial charge < -0.3 is 9.64 Å². The third-order valence-electron chi connectivity index (χ3n) is 5.58. The summed E-state index contributed by atoms with van der Waals surface area (Å²) in [4.78, 5) is 15.3. The topological polar surface area (TPSA) is 29.5 Å². The second-order valence-electron chi connectivity index (χ2n) is 7.17. The van der Waals surface area contributed by atoms with Gasteiger partial charge in [0.1, 0.15) is 0 Å². The van der Waals surface area contributed by atoms with E-state index in [-0.39, 0.29) is 5.91 Å². The molecule has 3 aromatic rings. The number of hydrogen-bond donors (Lipinski definition) is 0. The molecule has 0 aliphatic carbocycles. The number of ether oxygens (including phenoxy) is 1. The average molecular weight is 371 g/mol. The maximum Gasteiger partial charge on any atom is 0.224 e. The van der Waals surface area contributed by atoms with Gasteiger partial charge in [0.05, 0.1) is 18.6 Å². The molecule has 1 aliphatic rings. The van der Waals surface area contributed by atoms with Crippen LogP contribution in [0.5, 0.6) is 0 Å². The number of benzene rings is 3. The normalized spacial score (nSPS) is 14.6. The minimum absolute atomic E-state index is 0.167. The zero-order valence-electron chi connectivity index (χ0n) is 16.0. The van der Waals surface area contributed by atoms with Gasteiger partial charge in [-0.25, -0.2) is 0 Å². The Balaban J connectivity index is 1.87. The van der Waals surface area contributed by atoms with E-state index in [1.54, 1.807) is 0 Å². The van der Waals surface area contributed by atoms with E-state index < -0.39 is 5.41 Å². The standard InChI is InChI=1S/C25H25NO2/c27-24(26-16-18-28-19-17-26)20-25(21-10-4-1-5-11-21,22-12-6-2-7-13-22)23-14-8-3-9-15-23/h1-15H,16-20H2. The summed E-state index contributed by atoms with van der Waals surface area (Å²) >= 11 is 0. The summed E-state index contributed by atoms with van der Waals surface area (Å²) in [5.74, 6) is 0.167. The van der Waals surface area contributed by atoms with E-state index >= 15 is 0 Å². The van der Waals surface area contributed by atoms with Crippen LogP contribution < -0.4 is 0 Å². The van der Waals surface area contributed by atoms with Crippen LogP contribution in [0.1, 0.15) is 23.1 Å². The first-order chi connectivity index (χ1) is 13.8. The Morgan fingerprint density at radius 3 is 1.50 bits per heavy atom. The van der Waals surface area contributed by atoms with Crippen molar-refractivity contribution in [3.63, 3.8) is 0 Å². The van der Waals surface area contributed by atoms with Crippen LogP contribution >= 0.6 is 0 Å². The quantitative estimate of drug-likeness (QED) is 0.627. The van der Waals surface area contributed by atoms with Crippen molar-refractivity contribution < 1.29 is 9.53 Å². The van der Waals surface area contributed by atoms with Gasteiger partial charge in [0, 0.05) is 19.5 Å². The molecule has 1 aliphatic heterocycles. The van der Waals surface area contributed by atoms with E-state index in [4.69, 9.17) is 4.74 Å². The molecule has 4 rings (SSSR count). The average Bonchev–Trinajstić information content (AvgIpc) is 2.80. The fraction of sp³-hybridized carbons (Fsp3) is 0.240. The molecule has 1 saturated heterocycles. The summed E-state index contributed by atoms with van der Waals surface area (Å²) in [6, 6.07) is 31.2. The predicted molar refractivity (Wildman–Crippen MR) is 111 cm³/mol. The van der Waals surface area contributed by atoms with Crippen molar-refractivity contribution in [3.8, 4) is 0 Å². The van der Waals surface area contributed by atoms with Crippen molar-refractivity contribution in [1.29, 1.82) is 0 Å². The molecule has 142 valence electrons. The number of nitrogens with zero attached hydrogens (tertiary/aromatic N) is 1. The van der Waals surface area contributed by atoms with Gasteiger partial charge in [-0.15, -0.1) is 0 Å². The highest BCUT2D eigenvalue weighted by Crippen LogP contribution is 2.42. The minimum Gasteiger partial charge on any atom is -0.378 e. The first-order valence-corrected chi connectivity index (χ1v) is 9.83. The lowest BCUT2D eigenvalue weighted by atomic mass is 9.67. The van der Waals surface area contributed by atoms with Crippen molar-refractivity contribution in [2.45, 2.75) is 11.8 Å². The third-order valence-corrected chi connectivity index (χ3v) is 5.58. The van der Waals surface area contributed by atoms with Crippen molar-refractivity contribution in [2.24, 2.45) is 0 Å². The smallest absolute Gasteiger partial charge is 0.224 e. The summed E-state index contributed by atoms with van der Waals surface area (Å²) < 4.78 is 5.44. The number of hydrogen-bond acceptors (Lipinski definition) is 2. The molecular weight excluding hydrogens is 346 g/mol. The molecule has 0 unspecified atom stereocenters. The monoisotopic (exact) mass is 371 g/mol. The molecule has 3 aromatic carbocycles. The Morgan fingerprint density at radius 2 is 1.11 bits per heavy atom. The minimum atomic E-state index is -0.529. The van der Waals surface area contributed by atoms with Crippen LogP contribution in [0.3, 0.4) is 0 Å². The summed E-state index contributed by atoms with van der Waals surface area (Å²) in [7, 11) is 0. The van der Waals surface area contributed by atoms with Crippen LogP contribution in [0.25, 0.3) is 0 Å². The molecule has 0 bridgehead atoms. The van der Waals surface area contributed by atoms with Crippen LogP contribution in [-0.4, -0.2) is 37.1 Å². The number of morpholine rings is 1. The van der Waals surface area contributed by atoms with E-state index in [0.29, 0.717) is 32.7 Å². The van der Waals surface area contributed by atoms with Gasteiger partial charge in [-0.05, 0) is 16.7 Å². The second-order valence-corrected chi connectivity index (χ2v) is 7.17. The van der Waals surface area contributed by atoms with Gasteiger partial charge >= 0.3 is 0 Å². The van der Waals surface area contributed by atoms with Gasteiger partial charge in [-0.1, -0.05) is 91.0 Å². The molecule has 0 N–H and O–H groups in total. The van der Waals surface area contributed by atoms with E-state index in [2.05, 4.69) is 72.8 Å². The molecule has 0 radical (unpaired) electrons. The molecule has 0 spiro atoms. The first-order valence-electron chi connectivity index (χ1n) is 9.83. The second kappa shape index (κ2) is 8.41. The van der Waals surface area contributed by atoms with E-state index in [1.165, 1.54) is 0 Å². The first kappa shape index (κ1) is 18.5. The molecule has 0 saturated carbocycles. The van der Waals surface area contributed by atoms with Gasteiger partial charge in [0.15, 0.2) is 0 Å². The van der Waals surface area contributed by atoms with Crippen molar-refractivity contribution in [2.75, 3.05) is 26.3 Å². The Labute approximate surface area is 166 Å². The van der Waals surface area contributed by atoms with E-state index in [9.17, 15) is 4.79 Å². The highest BCUT2D eigenvalue weighted by atomic mass is 16.5. The number of amides is 1. The third kappa shape index (κ3) is 3.58. The zero-order chi connectivity index (χ0) is 19.2. The highest BCUT2D eigenvalue weighted by Gasteiger charge is 2.39. The summed E-state index contributed by atoms with van der Waals surface area (Å²) in [5.41, 5.74) is 2.87. The van der Waals surface area contributed by atoms with Crippen molar-refractivity contribution in [3.05, 3.63) is 108 Å². The zero-order valence-corrected chi connectivity index (χ0v) is 16.0. The molecule has 1 fully saturated rings. The molecule has 3 heteroatoms. The van der Waals surface area contributed by atoms with Gasteiger partial charge in [-0.2, -0.15) is 0 Å². The Bertz CT molecular complexity index is 791. The van der Waals surface area contributed by atoms with Crippen LogP contribution in [-0.2, 0) is 14.9 Å². The van der Waals surface area contributed by atoms with Crippen LogP contribution in [0.4, 0.5) is 0 Å². The van der Waals surface area contributed by atoms with Crippen molar-refractivity contribution in [1.82, 2.24) is 4.90 Å². The largest absolute Gasteiger partial charge is 0.378 e. The Morgan fingerprint density at radius 1 is 0.714 bits per heavy atom. The van der Waals surface area contributed by atoms with Gasteiger partial charge in [0.25, 0.3) is 0 Å². The van der Waals surface area contributed by atoms with E-state index in [1.807, 2.05) is 23.1 Å². The summed E-state index contributed by atoms with van der Waals surface area (Å²) in [6.07, 6.45) is 0.394. The summed E-state index contributed by atoms with van der Waals surface area (Å²) in [5, 5.41) is 0. The van der Waals surface area contributed by atoms with Crippen LogP contribution in [0, 0.1) is 0 Å². The Hall–Kier alpha value is -2.91. The molecule has 0 atom stereocenters. The number of rotatable bonds is 5. The lowest BCUT2D eigenvalue weighted by Gasteiger charge is -2.38. The number of carbonyl (C=O) groups excluding carboxylic acids is 1. The van der Waals surface area contributed by atoms with Crippen LogP contribution in [0.2, 0.25) is 0 Å². The molecule has 1 amide bonds. The lowest BCUT2D eigenvalue weighted by Crippen LogP contribution is -2.44. The lowest BCUT2D eigenvalue weighted by molar-refractivity contribution is -0.136. The SMILES string of the molecule is O=C(CC(c1ccccc1)(c1ccccc1)c1ccccc1)N1CCOCC1. The molecule has 3 nitrogen and oxygen atoms in total. The van der Waals surface area contributed by atoms with Gasteiger partial charge in [-0.3, -0.25) is 4.79 Å². The fourth-order valence-corrected chi connectivity index (χ4v) is 4.13. The summed E-state index contributed by atoms with van der Waals surface area (Å²) in [6.45, 7) is 2.54. The maximum atomic E-state index is 13.4. The molecule has 0 aromatic heterocycles. The van der Waals surface area contributed by atoms with Crippen LogP contribution in [0.15, 0.2) is 91.0 Å². The molecule has 28 heavy (non-hydrogen) atoms. The predicted octanol–water partition coefficient (Wildman–Crippen LogP) is 4.27. The maximum absolute atomic E-state index is 13.4.